The number of fused-ring (bicyclic) bond motifs is 1. The van der Waals surface area contributed by atoms with Crippen molar-refractivity contribution in [3.63, 3.8) is 0 Å². The summed E-state index contributed by atoms with van der Waals surface area (Å²) in [6.07, 6.45) is 3.68. The van der Waals surface area contributed by atoms with Gasteiger partial charge in [-0.3, -0.25) is 15.5 Å². The standard InChI is InChI=1S/C16H19N5/c1-3-21-15(9-11(2)20-21)16(19-17)14-6-4-5-12-10-18-8-7-13(12)14/h4-10,16,19H,3,17H2,1-2H3. The van der Waals surface area contributed by atoms with Crippen LogP contribution in [0.15, 0.2) is 42.7 Å². The third-order valence-electron chi connectivity index (χ3n) is 3.72. The van der Waals surface area contributed by atoms with Gasteiger partial charge in [-0.05, 0) is 36.9 Å². The van der Waals surface area contributed by atoms with Gasteiger partial charge in [-0.2, -0.15) is 5.10 Å². The second kappa shape index (κ2) is 5.63. The van der Waals surface area contributed by atoms with E-state index in [-0.39, 0.29) is 6.04 Å². The van der Waals surface area contributed by atoms with Gasteiger partial charge in [-0.1, -0.05) is 18.2 Å². The molecule has 0 bridgehead atoms. The van der Waals surface area contributed by atoms with Gasteiger partial charge in [0.1, 0.15) is 0 Å². The fraction of sp³-hybridized carbons (Fsp3) is 0.250. The highest BCUT2D eigenvalue weighted by Gasteiger charge is 2.19. The third-order valence-corrected chi connectivity index (χ3v) is 3.72. The first-order chi connectivity index (χ1) is 10.2. The van der Waals surface area contributed by atoms with E-state index in [0.29, 0.717) is 0 Å². The lowest BCUT2D eigenvalue weighted by atomic mass is 9.98. The van der Waals surface area contributed by atoms with Gasteiger partial charge in [0.25, 0.3) is 0 Å². The van der Waals surface area contributed by atoms with Crippen LogP contribution in [0.4, 0.5) is 0 Å². The van der Waals surface area contributed by atoms with Crippen LogP contribution < -0.4 is 11.3 Å². The van der Waals surface area contributed by atoms with E-state index >= 15 is 0 Å². The van der Waals surface area contributed by atoms with Crippen LogP contribution in [0, 0.1) is 6.92 Å². The topological polar surface area (TPSA) is 68.8 Å². The minimum atomic E-state index is -0.0998. The Kier molecular flexibility index (Phi) is 3.68. The smallest absolute Gasteiger partial charge is 0.0884 e. The molecule has 3 N–H and O–H groups in total. The maximum Gasteiger partial charge on any atom is 0.0884 e. The van der Waals surface area contributed by atoms with Crippen molar-refractivity contribution >= 4 is 10.8 Å². The second-order valence-electron chi connectivity index (χ2n) is 5.07. The predicted molar refractivity (Wildman–Crippen MR) is 83.5 cm³/mol. The van der Waals surface area contributed by atoms with Gasteiger partial charge in [-0.15, -0.1) is 0 Å². The van der Waals surface area contributed by atoms with Crippen molar-refractivity contribution in [2.24, 2.45) is 5.84 Å². The average Bonchev–Trinajstić information content (AvgIpc) is 2.89. The van der Waals surface area contributed by atoms with Crippen LogP contribution in [-0.2, 0) is 6.54 Å². The van der Waals surface area contributed by atoms with Crippen LogP contribution in [0.3, 0.4) is 0 Å². The summed E-state index contributed by atoms with van der Waals surface area (Å²) in [5.74, 6) is 5.85. The number of hydrogen-bond donors (Lipinski definition) is 2. The minimum absolute atomic E-state index is 0.0998. The molecule has 0 aliphatic carbocycles. The lowest BCUT2D eigenvalue weighted by molar-refractivity contribution is 0.544. The molecular formula is C16H19N5. The number of nitrogens with zero attached hydrogens (tertiary/aromatic N) is 3. The molecule has 3 rings (SSSR count). The summed E-state index contributed by atoms with van der Waals surface area (Å²) in [6.45, 7) is 4.89. The summed E-state index contributed by atoms with van der Waals surface area (Å²) in [6, 6.07) is 10.2. The number of nitrogens with one attached hydrogen (secondary N) is 1. The highest BCUT2D eigenvalue weighted by Crippen LogP contribution is 2.28. The number of aryl methyl sites for hydroxylation is 2. The van der Waals surface area contributed by atoms with Crippen molar-refractivity contribution < 1.29 is 0 Å². The van der Waals surface area contributed by atoms with Gasteiger partial charge in [0.15, 0.2) is 0 Å². The average molecular weight is 281 g/mol. The molecule has 1 aromatic carbocycles. The molecule has 0 radical (unpaired) electrons. The number of hydrazine groups is 1. The first-order valence-corrected chi connectivity index (χ1v) is 7.07. The van der Waals surface area contributed by atoms with Crippen molar-refractivity contribution in [3.05, 3.63) is 59.7 Å². The summed E-state index contributed by atoms with van der Waals surface area (Å²) in [5, 5.41) is 6.77. The molecule has 3 aromatic rings. The van der Waals surface area contributed by atoms with Crippen LogP contribution in [0.25, 0.3) is 10.8 Å². The predicted octanol–water partition coefficient (Wildman–Crippen LogP) is 2.31. The molecule has 21 heavy (non-hydrogen) atoms. The van der Waals surface area contributed by atoms with Crippen molar-refractivity contribution in [1.29, 1.82) is 0 Å². The monoisotopic (exact) mass is 281 g/mol. The van der Waals surface area contributed by atoms with Gasteiger partial charge < -0.3 is 0 Å². The Morgan fingerprint density at radius 1 is 1.33 bits per heavy atom. The van der Waals surface area contributed by atoms with E-state index in [1.54, 1.807) is 0 Å². The molecule has 0 saturated heterocycles. The number of pyridine rings is 1. The van der Waals surface area contributed by atoms with Crippen molar-refractivity contribution in [3.8, 4) is 0 Å². The quantitative estimate of drug-likeness (QED) is 0.569. The second-order valence-corrected chi connectivity index (χ2v) is 5.07. The number of hydrogen-bond acceptors (Lipinski definition) is 4. The first-order valence-electron chi connectivity index (χ1n) is 7.07. The largest absolute Gasteiger partial charge is 0.271 e. The SMILES string of the molecule is CCn1nc(C)cc1C(NN)c1cccc2cnccc12. The lowest BCUT2D eigenvalue weighted by Crippen LogP contribution is -2.30. The van der Waals surface area contributed by atoms with E-state index < -0.39 is 0 Å². The van der Waals surface area contributed by atoms with Crippen LogP contribution in [0.2, 0.25) is 0 Å². The Labute approximate surface area is 123 Å². The summed E-state index contributed by atoms with van der Waals surface area (Å²) in [4.78, 5) is 4.18. The molecule has 2 heterocycles. The molecule has 0 fully saturated rings. The fourth-order valence-corrected chi connectivity index (χ4v) is 2.78. The highest BCUT2D eigenvalue weighted by atomic mass is 15.3. The molecule has 2 aromatic heterocycles. The van der Waals surface area contributed by atoms with E-state index in [1.165, 1.54) is 0 Å². The molecule has 5 nitrogen and oxygen atoms in total. The highest BCUT2D eigenvalue weighted by molar-refractivity contribution is 5.85. The summed E-state index contributed by atoms with van der Waals surface area (Å²) >= 11 is 0. The molecule has 1 unspecified atom stereocenters. The molecule has 0 spiro atoms. The van der Waals surface area contributed by atoms with Crippen LogP contribution in [-0.4, -0.2) is 14.8 Å². The normalized spacial score (nSPS) is 12.7. The molecule has 108 valence electrons. The Hall–Kier alpha value is -2.24. The van der Waals surface area contributed by atoms with E-state index in [0.717, 1.165) is 34.3 Å². The minimum Gasteiger partial charge on any atom is -0.271 e. The van der Waals surface area contributed by atoms with Gasteiger partial charge in [0, 0.05) is 24.3 Å². The van der Waals surface area contributed by atoms with Crippen molar-refractivity contribution in [1.82, 2.24) is 20.2 Å². The maximum atomic E-state index is 5.85. The van der Waals surface area contributed by atoms with E-state index in [4.69, 9.17) is 5.84 Å². The zero-order valence-corrected chi connectivity index (χ0v) is 12.2. The van der Waals surface area contributed by atoms with E-state index in [9.17, 15) is 0 Å². The maximum absolute atomic E-state index is 5.85. The molecule has 0 amide bonds. The van der Waals surface area contributed by atoms with Crippen molar-refractivity contribution in [2.75, 3.05) is 0 Å². The first kappa shape index (κ1) is 13.7. The van der Waals surface area contributed by atoms with E-state index in [2.05, 4.69) is 40.6 Å². The van der Waals surface area contributed by atoms with Crippen molar-refractivity contribution in [2.45, 2.75) is 26.4 Å². The Balaban J connectivity index is 2.18. The number of aromatic nitrogens is 3. The van der Waals surface area contributed by atoms with Gasteiger partial charge >= 0.3 is 0 Å². The lowest BCUT2D eigenvalue weighted by Gasteiger charge is -2.19. The molecular weight excluding hydrogens is 262 g/mol. The van der Waals surface area contributed by atoms with Gasteiger partial charge in [0.2, 0.25) is 0 Å². The van der Waals surface area contributed by atoms with Crippen LogP contribution in [0.5, 0.6) is 0 Å². The van der Waals surface area contributed by atoms with E-state index in [1.807, 2.05) is 36.1 Å². The molecule has 1 atom stereocenters. The zero-order chi connectivity index (χ0) is 14.8. The molecule has 5 heteroatoms. The summed E-state index contributed by atoms with van der Waals surface area (Å²) in [7, 11) is 0. The summed E-state index contributed by atoms with van der Waals surface area (Å²) in [5.41, 5.74) is 6.13. The molecule has 0 saturated carbocycles. The summed E-state index contributed by atoms with van der Waals surface area (Å²) < 4.78 is 1.99. The molecule has 0 aliphatic heterocycles. The van der Waals surface area contributed by atoms with Gasteiger partial charge in [-0.25, -0.2) is 5.43 Å². The Morgan fingerprint density at radius 3 is 2.95 bits per heavy atom. The number of rotatable bonds is 4. The van der Waals surface area contributed by atoms with Crippen LogP contribution in [0.1, 0.15) is 29.9 Å². The number of benzene rings is 1. The van der Waals surface area contributed by atoms with Crippen LogP contribution >= 0.6 is 0 Å². The fourth-order valence-electron chi connectivity index (χ4n) is 2.78. The zero-order valence-electron chi connectivity index (χ0n) is 12.2. The number of nitrogens with two attached hydrogens (primary N) is 1. The van der Waals surface area contributed by atoms with Gasteiger partial charge in [0.05, 0.1) is 17.4 Å². The Bertz CT molecular complexity index is 757. The Morgan fingerprint density at radius 2 is 2.19 bits per heavy atom. The molecule has 0 aliphatic rings. The third kappa shape index (κ3) is 2.41.